The molecule has 0 aliphatic rings. The molecule has 7 heteroatoms. The quantitative estimate of drug-likeness (QED) is 0.761. The lowest BCUT2D eigenvalue weighted by atomic mass is 10.1. The van der Waals surface area contributed by atoms with Gasteiger partial charge in [0.05, 0.1) is 6.42 Å². The molecule has 3 N–H and O–H groups in total. The van der Waals surface area contributed by atoms with E-state index in [-0.39, 0.29) is 12.3 Å². The van der Waals surface area contributed by atoms with Gasteiger partial charge in [-0.2, -0.15) is 0 Å². The van der Waals surface area contributed by atoms with Crippen molar-refractivity contribution in [1.29, 1.82) is 0 Å². The van der Waals surface area contributed by atoms with E-state index in [4.69, 9.17) is 23.2 Å². The molecule has 5 nitrogen and oxygen atoms in total. The van der Waals surface area contributed by atoms with Gasteiger partial charge in [-0.15, -0.1) is 0 Å². The Bertz CT molecular complexity index is 627. The molecule has 0 aliphatic carbocycles. The molecule has 20 heavy (non-hydrogen) atoms. The lowest BCUT2D eigenvalue weighted by molar-refractivity contribution is -0.121. The molecular formula is C13H11Cl2N3O2. The molecule has 0 spiro atoms. The number of rotatable bonds is 3. The minimum atomic E-state index is -0.425. The highest BCUT2D eigenvalue weighted by Crippen LogP contribution is 2.21. The first-order chi connectivity index (χ1) is 9.56. The Morgan fingerprint density at radius 1 is 1.15 bits per heavy atom. The minimum absolute atomic E-state index is 0.0427. The molecule has 2 rings (SSSR count). The second-order valence-electron chi connectivity index (χ2n) is 4.00. The number of benzene rings is 1. The maximum absolute atomic E-state index is 11.7. The van der Waals surface area contributed by atoms with Crippen molar-refractivity contribution in [2.75, 3.05) is 0 Å². The summed E-state index contributed by atoms with van der Waals surface area (Å²) < 4.78 is 0. The third kappa shape index (κ3) is 3.76. The zero-order chi connectivity index (χ0) is 14.5. The number of H-pyrrole nitrogens is 1. The molecule has 0 radical (unpaired) electrons. The Morgan fingerprint density at radius 2 is 1.95 bits per heavy atom. The van der Waals surface area contributed by atoms with Crippen LogP contribution in [0.4, 0.5) is 0 Å². The van der Waals surface area contributed by atoms with Crippen LogP contribution >= 0.6 is 23.2 Å². The molecule has 1 heterocycles. The third-order valence-electron chi connectivity index (χ3n) is 2.52. The SMILES string of the molecule is O=C(Cc1ccc(Cl)cc1Cl)NNC(=O)c1ccc[nH]1. The van der Waals surface area contributed by atoms with Gasteiger partial charge in [-0.1, -0.05) is 29.3 Å². The van der Waals surface area contributed by atoms with E-state index in [1.54, 1.807) is 36.5 Å². The monoisotopic (exact) mass is 311 g/mol. The second-order valence-corrected chi connectivity index (χ2v) is 4.84. The van der Waals surface area contributed by atoms with Gasteiger partial charge in [-0.05, 0) is 29.8 Å². The van der Waals surface area contributed by atoms with Gasteiger partial charge in [0.15, 0.2) is 0 Å². The highest BCUT2D eigenvalue weighted by molar-refractivity contribution is 6.35. The van der Waals surface area contributed by atoms with Gasteiger partial charge >= 0.3 is 0 Å². The van der Waals surface area contributed by atoms with Crippen molar-refractivity contribution in [2.24, 2.45) is 0 Å². The Kier molecular flexibility index (Phi) is 4.65. The minimum Gasteiger partial charge on any atom is -0.357 e. The van der Waals surface area contributed by atoms with Crippen molar-refractivity contribution in [3.63, 3.8) is 0 Å². The summed E-state index contributed by atoms with van der Waals surface area (Å²) in [5.74, 6) is -0.806. The summed E-state index contributed by atoms with van der Waals surface area (Å²) >= 11 is 11.7. The number of amides is 2. The molecule has 0 saturated heterocycles. The lowest BCUT2D eigenvalue weighted by Crippen LogP contribution is -2.42. The topological polar surface area (TPSA) is 74.0 Å². The first-order valence-corrected chi connectivity index (χ1v) is 6.48. The molecule has 0 unspecified atom stereocenters. The first-order valence-electron chi connectivity index (χ1n) is 5.73. The molecular weight excluding hydrogens is 301 g/mol. The van der Waals surface area contributed by atoms with Crippen LogP contribution in [-0.2, 0) is 11.2 Å². The fourth-order valence-electron chi connectivity index (χ4n) is 1.55. The van der Waals surface area contributed by atoms with Crippen LogP contribution in [0.25, 0.3) is 0 Å². The van der Waals surface area contributed by atoms with Crippen molar-refractivity contribution in [1.82, 2.24) is 15.8 Å². The highest BCUT2D eigenvalue weighted by atomic mass is 35.5. The fraction of sp³-hybridized carbons (Fsp3) is 0.0769. The van der Waals surface area contributed by atoms with Crippen molar-refractivity contribution in [3.8, 4) is 0 Å². The lowest BCUT2D eigenvalue weighted by Gasteiger charge is -2.07. The van der Waals surface area contributed by atoms with Crippen LogP contribution in [0.1, 0.15) is 16.1 Å². The molecule has 104 valence electrons. The van der Waals surface area contributed by atoms with Crippen molar-refractivity contribution in [2.45, 2.75) is 6.42 Å². The molecule has 1 aromatic heterocycles. The van der Waals surface area contributed by atoms with Crippen molar-refractivity contribution < 1.29 is 9.59 Å². The summed E-state index contributed by atoms with van der Waals surface area (Å²) in [7, 11) is 0. The third-order valence-corrected chi connectivity index (χ3v) is 3.11. The number of halogens is 2. The molecule has 0 aliphatic heterocycles. The van der Waals surface area contributed by atoms with Gasteiger partial charge in [0.2, 0.25) is 5.91 Å². The van der Waals surface area contributed by atoms with Crippen molar-refractivity contribution in [3.05, 3.63) is 57.8 Å². The molecule has 0 saturated carbocycles. The Labute approximate surface area is 125 Å². The van der Waals surface area contributed by atoms with Gasteiger partial charge in [0.25, 0.3) is 5.91 Å². The zero-order valence-corrected chi connectivity index (χ0v) is 11.8. The second kappa shape index (κ2) is 6.45. The highest BCUT2D eigenvalue weighted by Gasteiger charge is 2.10. The van der Waals surface area contributed by atoms with Gasteiger partial charge in [0.1, 0.15) is 5.69 Å². The first kappa shape index (κ1) is 14.4. The number of hydrazine groups is 1. The Balaban J connectivity index is 1.88. The summed E-state index contributed by atoms with van der Waals surface area (Å²) in [6.07, 6.45) is 1.66. The number of aromatic nitrogens is 1. The maximum atomic E-state index is 11.7. The van der Waals surface area contributed by atoms with Crippen LogP contribution in [0, 0.1) is 0 Å². The largest absolute Gasteiger partial charge is 0.357 e. The summed E-state index contributed by atoms with van der Waals surface area (Å²) in [4.78, 5) is 26.0. The maximum Gasteiger partial charge on any atom is 0.286 e. The molecule has 0 fully saturated rings. The summed E-state index contributed by atoms with van der Waals surface area (Å²) in [6, 6.07) is 8.15. The number of nitrogens with one attached hydrogen (secondary N) is 3. The van der Waals surface area contributed by atoms with Crippen LogP contribution in [0.15, 0.2) is 36.5 Å². The smallest absolute Gasteiger partial charge is 0.286 e. The predicted octanol–water partition coefficient (Wildman–Crippen LogP) is 2.33. The van der Waals surface area contributed by atoms with E-state index in [2.05, 4.69) is 15.8 Å². The van der Waals surface area contributed by atoms with E-state index in [1.807, 2.05) is 0 Å². The van der Waals surface area contributed by atoms with Crippen LogP contribution in [0.3, 0.4) is 0 Å². The molecule has 2 amide bonds. The number of aromatic amines is 1. The van der Waals surface area contributed by atoms with E-state index in [0.717, 1.165) is 0 Å². The Morgan fingerprint density at radius 3 is 2.60 bits per heavy atom. The van der Waals surface area contributed by atoms with E-state index >= 15 is 0 Å². The van der Waals surface area contributed by atoms with E-state index in [0.29, 0.717) is 21.3 Å². The average Bonchev–Trinajstić information content (AvgIpc) is 2.93. The van der Waals surface area contributed by atoms with E-state index < -0.39 is 5.91 Å². The van der Waals surface area contributed by atoms with E-state index in [9.17, 15) is 9.59 Å². The fourth-order valence-corrected chi connectivity index (χ4v) is 2.02. The summed E-state index contributed by atoms with van der Waals surface area (Å²) in [5, 5.41) is 0.905. The summed E-state index contributed by atoms with van der Waals surface area (Å²) in [6.45, 7) is 0. The van der Waals surface area contributed by atoms with E-state index in [1.165, 1.54) is 0 Å². The number of carbonyl (C=O) groups excluding carboxylic acids is 2. The van der Waals surface area contributed by atoms with Gasteiger partial charge in [-0.3, -0.25) is 20.4 Å². The molecule has 0 bridgehead atoms. The summed E-state index contributed by atoms with van der Waals surface area (Å²) in [5.41, 5.74) is 5.59. The number of hydrogen-bond donors (Lipinski definition) is 3. The average molecular weight is 312 g/mol. The Hall–Kier alpha value is -1.98. The van der Waals surface area contributed by atoms with Gasteiger partial charge in [-0.25, -0.2) is 0 Å². The normalized spacial score (nSPS) is 10.1. The van der Waals surface area contributed by atoms with Gasteiger partial charge < -0.3 is 4.98 Å². The number of carbonyl (C=O) groups is 2. The number of hydrogen-bond acceptors (Lipinski definition) is 2. The zero-order valence-electron chi connectivity index (χ0n) is 10.2. The van der Waals surface area contributed by atoms with Crippen LogP contribution in [0.2, 0.25) is 10.0 Å². The molecule has 0 atom stereocenters. The van der Waals surface area contributed by atoms with Crippen molar-refractivity contribution >= 4 is 35.0 Å². The molecule has 1 aromatic carbocycles. The predicted molar refractivity (Wildman–Crippen MR) is 76.6 cm³/mol. The van der Waals surface area contributed by atoms with Crippen LogP contribution in [-0.4, -0.2) is 16.8 Å². The standard InChI is InChI=1S/C13H11Cl2N3O2/c14-9-4-3-8(10(15)7-9)6-12(19)17-18-13(20)11-2-1-5-16-11/h1-5,7,16H,6H2,(H,17,19)(H,18,20). The molecule has 2 aromatic rings. The van der Waals surface area contributed by atoms with Gasteiger partial charge in [0, 0.05) is 16.2 Å². The van der Waals surface area contributed by atoms with Crippen LogP contribution in [0.5, 0.6) is 0 Å². The van der Waals surface area contributed by atoms with Crippen LogP contribution < -0.4 is 10.9 Å².